The summed E-state index contributed by atoms with van der Waals surface area (Å²) in [7, 11) is -8.07. The third-order valence-corrected chi connectivity index (χ3v) is 14.5. The Hall–Kier alpha value is -4.95. The van der Waals surface area contributed by atoms with Gasteiger partial charge in [-0.25, -0.2) is 21.8 Å². The predicted molar refractivity (Wildman–Crippen MR) is 223 cm³/mol. The number of hydrogen-bond acceptors (Lipinski definition) is 9. The summed E-state index contributed by atoms with van der Waals surface area (Å²) in [5.74, 6) is 0.948. The van der Waals surface area contributed by atoms with Crippen molar-refractivity contribution in [1.29, 1.82) is 0 Å². The van der Waals surface area contributed by atoms with Crippen LogP contribution >= 0.6 is 11.6 Å². The van der Waals surface area contributed by atoms with Gasteiger partial charge in [-0.05, 0) is 122 Å². The first-order chi connectivity index (χ1) is 29.6. The molecule has 0 saturated heterocycles. The highest BCUT2D eigenvalue weighted by atomic mass is 35.5. The van der Waals surface area contributed by atoms with E-state index < -0.39 is 43.5 Å². The van der Waals surface area contributed by atoms with Crippen molar-refractivity contribution >= 4 is 59.6 Å². The summed E-state index contributed by atoms with van der Waals surface area (Å²) < 4.78 is 131. The summed E-state index contributed by atoms with van der Waals surface area (Å²) in [6.07, 6.45) is -0.788. The van der Waals surface area contributed by atoms with Crippen molar-refractivity contribution in [1.82, 2.24) is 18.6 Å². The summed E-state index contributed by atoms with van der Waals surface area (Å²) in [6.45, 7) is 0.392. The van der Waals surface area contributed by atoms with Crippen molar-refractivity contribution in [3.8, 4) is 0 Å². The van der Waals surface area contributed by atoms with Crippen LogP contribution in [0.15, 0.2) is 107 Å². The van der Waals surface area contributed by atoms with E-state index in [2.05, 4.69) is 9.97 Å². The molecular formula is C43H42ClF6N5O6S2. The first-order valence-electron chi connectivity index (χ1n) is 19.8. The minimum absolute atomic E-state index is 0.0425. The molecule has 0 amide bonds. The van der Waals surface area contributed by atoms with Crippen LogP contribution in [0.5, 0.6) is 0 Å². The average Bonchev–Trinajstić information content (AvgIpc) is 4.18. The molecule has 2 aliphatic carbocycles. The molecular weight excluding hydrogens is 896 g/mol. The number of halogens is 7. The number of carbonyl (C=O) groups excluding carboxylic acids is 2. The fraction of sp³-hybridized carbons (Fsp3) is 0.349. The number of benzene rings is 2. The van der Waals surface area contributed by atoms with Crippen LogP contribution in [0.3, 0.4) is 0 Å². The van der Waals surface area contributed by atoms with Crippen LogP contribution in [-0.4, -0.2) is 72.6 Å². The molecule has 20 heteroatoms. The van der Waals surface area contributed by atoms with Crippen LogP contribution in [0.2, 0.25) is 0 Å². The van der Waals surface area contributed by atoms with Crippen LogP contribution in [0.4, 0.5) is 32.2 Å². The smallest absolute Gasteiger partial charge is 0.384 e. The standard InChI is InChI=1S/C22H21F3N2O3S.C17H16F3N3O2S.C4H5ClO/c23-22(24,25)17-3-1-5-19(13-17)31(29,30)27-11-9-15(10-12-27)20-6-2-4-18(26-20)14-21(28)16-7-8-16;18-17(19,20)13-3-1-4-14(11-13)26(24,25)23-9-7-12(8-10-23)15-5-2-6-16(21)22-15;5-4(6)3-1-2-3/h1-6,9,13,16H,7-8,10-12,14H2;1-7,11H,8-10H2,(H2,21,22);3H,1-2H2. The molecule has 2 aliphatic heterocycles. The maximum atomic E-state index is 13.0. The van der Waals surface area contributed by atoms with E-state index in [9.17, 15) is 52.8 Å². The summed E-state index contributed by atoms with van der Waals surface area (Å²) in [5.41, 5.74) is 7.42. The van der Waals surface area contributed by atoms with E-state index in [1.165, 1.54) is 12.1 Å². The number of nitrogens with two attached hydrogens (primary N) is 1. The molecule has 0 atom stereocenters. The van der Waals surface area contributed by atoms with Crippen molar-refractivity contribution in [2.24, 2.45) is 11.8 Å². The molecule has 11 nitrogen and oxygen atoms in total. The van der Waals surface area contributed by atoms with Gasteiger partial charge in [-0.3, -0.25) is 14.6 Å². The van der Waals surface area contributed by atoms with E-state index in [1.807, 2.05) is 12.1 Å². The Labute approximate surface area is 365 Å². The molecule has 0 bridgehead atoms. The van der Waals surface area contributed by atoms with E-state index in [0.717, 1.165) is 69.7 Å². The normalized spacial score (nSPS) is 17.6. The zero-order chi connectivity index (χ0) is 45.7. The predicted octanol–water partition coefficient (Wildman–Crippen LogP) is 8.42. The van der Waals surface area contributed by atoms with Gasteiger partial charge < -0.3 is 5.73 Å². The van der Waals surface area contributed by atoms with Gasteiger partial charge in [0.1, 0.15) is 11.6 Å². The number of nitrogens with zero attached hydrogens (tertiary/aromatic N) is 4. The Kier molecular flexibility index (Phi) is 14.7. The second kappa shape index (κ2) is 19.4. The molecule has 4 aliphatic rings. The molecule has 4 aromatic rings. The van der Waals surface area contributed by atoms with E-state index in [0.29, 0.717) is 54.3 Å². The average molecular weight is 938 g/mol. The van der Waals surface area contributed by atoms with Gasteiger partial charge in [-0.1, -0.05) is 36.4 Å². The number of ketones is 1. The Bertz CT molecular complexity index is 2630. The second-order valence-electron chi connectivity index (χ2n) is 15.2. The van der Waals surface area contributed by atoms with Crippen LogP contribution in [0.1, 0.15) is 66.7 Å². The van der Waals surface area contributed by atoms with Gasteiger partial charge in [0.25, 0.3) is 0 Å². The molecule has 2 aromatic heterocycles. The lowest BCUT2D eigenvalue weighted by Gasteiger charge is -2.26. The van der Waals surface area contributed by atoms with Gasteiger partial charge in [0, 0.05) is 50.1 Å². The van der Waals surface area contributed by atoms with Gasteiger partial charge in [-0.15, -0.1) is 0 Å². The second-order valence-corrected chi connectivity index (χ2v) is 19.4. The molecule has 0 spiro atoms. The van der Waals surface area contributed by atoms with Crippen LogP contribution < -0.4 is 5.73 Å². The van der Waals surface area contributed by atoms with Crippen molar-refractivity contribution in [2.45, 2.75) is 67.1 Å². The van der Waals surface area contributed by atoms with E-state index in [1.54, 1.807) is 36.4 Å². The van der Waals surface area contributed by atoms with Gasteiger partial charge >= 0.3 is 12.4 Å². The first-order valence-corrected chi connectivity index (χ1v) is 23.0. The number of nitrogen functional groups attached to an aromatic ring is 1. The molecule has 2 aromatic carbocycles. The van der Waals surface area contributed by atoms with Gasteiger partial charge in [0.05, 0.1) is 32.3 Å². The molecule has 2 saturated carbocycles. The molecule has 63 heavy (non-hydrogen) atoms. The number of pyridine rings is 2. The number of carbonyl (C=O) groups is 2. The fourth-order valence-corrected chi connectivity index (χ4v) is 9.66. The summed E-state index contributed by atoms with van der Waals surface area (Å²) in [5, 5.41) is -0.157. The minimum Gasteiger partial charge on any atom is -0.384 e. The Morgan fingerprint density at radius 2 is 1.10 bits per heavy atom. The van der Waals surface area contributed by atoms with Gasteiger partial charge in [0.15, 0.2) is 0 Å². The monoisotopic (exact) mass is 937 g/mol. The third kappa shape index (κ3) is 12.6. The fourth-order valence-electron chi connectivity index (χ4n) is 6.59. The number of aromatic nitrogens is 2. The van der Waals surface area contributed by atoms with Gasteiger partial charge in [-0.2, -0.15) is 35.0 Å². The van der Waals surface area contributed by atoms with Crippen molar-refractivity contribution in [2.75, 3.05) is 31.9 Å². The van der Waals surface area contributed by atoms with E-state index >= 15 is 0 Å². The summed E-state index contributed by atoms with van der Waals surface area (Å²) in [6, 6.07) is 18.2. The molecule has 8 rings (SSSR count). The maximum absolute atomic E-state index is 13.0. The highest BCUT2D eigenvalue weighted by Crippen LogP contribution is 2.35. The van der Waals surface area contributed by atoms with Crippen molar-refractivity contribution in [3.05, 3.63) is 125 Å². The Morgan fingerprint density at radius 3 is 1.48 bits per heavy atom. The number of hydrogen-bond donors (Lipinski definition) is 1. The summed E-state index contributed by atoms with van der Waals surface area (Å²) >= 11 is 5.04. The lowest BCUT2D eigenvalue weighted by atomic mass is 10.0. The van der Waals surface area contributed by atoms with E-state index in [-0.39, 0.29) is 58.8 Å². The molecule has 2 N–H and O–H groups in total. The highest BCUT2D eigenvalue weighted by Gasteiger charge is 2.35. The van der Waals surface area contributed by atoms with Gasteiger partial charge in [0.2, 0.25) is 25.3 Å². The molecule has 0 unspecified atom stereocenters. The zero-order valence-electron chi connectivity index (χ0n) is 33.4. The minimum atomic E-state index is -4.61. The number of sulfonamides is 2. The largest absolute Gasteiger partial charge is 0.416 e. The Balaban J connectivity index is 0.000000187. The lowest BCUT2D eigenvalue weighted by molar-refractivity contribution is -0.138. The number of rotatable bonds is 10. The maximum Gasteiger partial charge on any atom is 0.416 e. The van der Waals surface area contributed by atoms with Crippen molar-refractivity contribution in [3.63, 3.8) is 0 Å². The molecule has 4 heterocycles. The number of alkyl halides is 6. The quantitative estimate of drug-likeness (QED) is 0.122. The van der Waals surface area contributed by atoms with Crippen molar-refractivity contribution < 1.29 is 52.8 Å². The number of anilines is 1. The van der Waals surface area contributed by atoms with Crippen LogP contribution in [0, 0.1) is 11.8 Å². The lowest BCUT2D eigenvalue weighted by Crippen LogP contribution is -2.34. The number of Topliss-reactive ketones (excluding diaryl/α,β-unsaturated/α-hetero) is 1. The molecule has 336 valence electrons. The Morgan fingerprint density at radius 1 is 0.651 bits per heavy atom. The van der Waals surface area contributed by atoms with Crippen LogP contribution in [0.25, 0.3) is 11.1 Å². The van der Waals surface area contributed by atoms with E-state index in [4.69, 9.17) is 17.3 Å². The SMILES string of the molecule is Nc1cccc(C2=CCN(S(=O)(=O)c3cccc(C(F)(F)F)c3)CC2)n1.O=C(Cc1cccc(C2=CCN(S(=O)(=O)c3cccc(C(F)(F)F)c3)CC2)n1)C1CC1.O=C(Cl)C1CC1. The highest BCUT2D eigenvalue weighted by molar-refractivity contribution is 7.89. The third-order valence-electron chi connectivity index (χ3n) is 10.5. The topological polar surface area (TPSA) is 161 Å². The molecule has 2 fully saturated rings. The first kappa shape index (κ1) is 47.5. The molecule has 0 radical (unpaired) electrons. The van der Waals surface area contributed by atoms with Crippen LogP contribution in [-0.2, 0) is 48.4 Å². The zero-order valence-corrected chi connectivity index (χ0v) is 35.8. The summed E-state index contributed by atoms with van der Waals surface area (Å²) in [4.78, 5) is 30.0.